The van der Waals surface area contributed by atoms with Gasteiger partial charge in [-0.1, -0.05) is 27.7 Å². The summed E-state index contributed by atoms with van der Waals surface area (Å²) in [6.45, 7) is 13.4. The Morgan fingerprint density at radius 1 is 1.29 bits per heavy atom. The molecule has 2 aliphatic rings. The molecule has 0 bridgehead atoms. The van der Waals surface area contributed by atoms with Crippen LogP contribution >= 0.6 is 0 Å². The van der Waals surface area contributed by atoms with Crippen LogP contribution in [0.15, 0.2) is 0 Å². The maximum absolute atomic E-state index is 3.64. The van der Waals surface area contributed by atoms with Crippen molar-refractivity contribution in [2.45, 2.75) is 65.5 Å². The normalized spacial score (nSPS) is 36.9. The largest absolute Gasteiger partial charge is 0.313 e. The molecule has 0 aromatic heterocycles. The van der Waals surface area contributed by atoms with E-state index in [2.05, 4.69) is 37.9 Å². The summed E-state index contributed by atoms with van der Waals surface area (Å²) in [6.07, 6.45) is 5.52. The van der Waals surface area contributed by atoms with Crippen molar-refractivity contribution in [1.82, 2.24) is 10.2 Å². The van der Waals surface area contributed by atoms with Gasteiger partial charge in [-0.3, -0.25) is 4.90 Å². The van der Waals surface area contributed by atoms with Crippen LogP contribution in [0.1, 0.15) is 53.4 Å². The van der Waals surface area contributed by atoms with Gasteiger partial charge in [-0.05, 0) is 50.1 Å². The number of rotatable bonds is 4. The van der Waals surface area contributed by atoms with E-state index in [1.807, 2.05) is 0 Å². The van der Waals surface area contributed by atoms with Gasteiger partial charge in [0.2, 0.25) is 0 Å². The van der Waals surface area contributed by atoms with E-state index >= 15 is 0 Å². The average Bonchev–Trinajstić information content (AvgIpc) is 2.82. The van der Waals surface area contributed by atoms with Crippen molar-refractivity contribution < 1.29 is 0 Å². The van der Waals surface area contributed by atoms with E-state index in [9.17, 15) is 0 Å². The van der Waals surface area contributed by atoms with Crippen molar-refractivity contribution in [3.05, 3.63) is 0 Å². The van der Waals surface area contributed by atoms with Crippen LogP contribution in [0.3, 0.4) is 0 Å². The van der Waals surface area contributed by atoms with Gasteiger partial charge in [0.05, 0.1) is 0 Å². The topological polar surface area (TPSA) is 15.3 Å². The third-order valence-electron chi connectivity index (χ3n) is 4.79. The second-order valence-electron chi connectivity index (χ2n) is 7.00. The molecule has 0 amide bonds. The SMILES string of the molecule is CCN(CC1CCCN1)C1CC(C)(C)CC1C. The fourth-order valence-electron chi connectivity index (χ4n) is 4.04. The summed E-state index contributed by atoms with van der Waals surface area (Å²) in [4.78, 5) is 2.74. The molecule has 2 rings (SSSR count). The Labute approximate surface area is 107 Å². The van der Waals surface area contributed by atoms with Crippen molar-refractivity contribution in [3.63, 3.8) is 0 Å². The number of hydrogen-bond acceptors (Lipinski definition) is 2. The number of nitrogens with zero attached hydrogens (tertiary/aromatic N) is 1. The molecule has 0 aromatic rings. The maximum Gasteiger partial charge on any atom is 0.0195 e. The van der Waals surface area contributed by atoms with E-state index in [1.165, 1.54) is 45.3 Å². The second-order valence-corrected chi connectivity index (χ2v) is 7.00. The first-order chi connectivity index (χ1) is 8.02. The van der Waals surface area contributed by atoms with E-state index in [0.29, 0.717) is 5.41 Å². The minimum atomic E-state index is 0.556. The van der Waals surface area contributed by atoms with Crippen LogP contribution in [-0.2, 0) is 0 Å². The quantitative estimate of drug-likeness (QED) is 0.810. The fourth-order valence-corrected chi connectivity index (χ4v) is 4.04. The van der Waals surface area contributed by atoms with Crippen molar-refractivity contribution in [3.8, 4) is 0 Å². The lowest BCUT2D eigenvalue weighted by Crippen LogP contribution is -2.44. The lowest BCUT2D eigenvalue weighted by molar-refractivity contribution is 0.156. The zero-order valence-electron chi connectivity index (χ0n) is 12.1. The van der Waals surface area contributed by atoms with Crippen LogP contribution in [0, 0.1) is 11.3 Å². The lowest BCUT2D eigenvalue weighted by atomic mass is 9.91. The summed E-state index contributed by atoms with van der Waals surface area (Å²) in [5, 5.41) is 3.64. The molecule has 2 fully saturated rings. The molecule has 1 heterocycles. The molecule has 1 saturated heterocycles. The highest BCUT2D eigenvalue weighted by atomic mass is 15.2. The minimum absolute atomic E-state index is 0.556. The second kappa shape index (κ2) is 5.27. The third-order valence-corrected chi connectivity index (χ3v) is 4.79. The monoisotopic (exact) mass is 238 g/mol. The summed E-state index contributed by atoms with van der Waals surface area (Å²) in [7, 11) is 0. The first kappa shape index (κ1) is 13.4. The summed E-state index contributed by atoms with van der Waals surface area (Å²) >= 11 is 0. The summed E-state index contributed by atoms with van der Waals surface area (Å²) in [6, 6.07) is 1.57. The summed E-state index contributed by atoms with van der Waals surface area (Å²) in [5.74, 6) is 0.867. The molecule has 1 aliphatic carbocycles. The standard InChI is InChI=1S/C15H30N2/c1-5-17(11-13-7-6-8-16-13)14-10-15(3,4)9-12(14)2/h12-14,16H,5-11H2,1-4H3. The zero-order valence-corrected chi connectivity index (χ0v) is 12.1. The Morgan fingerprint density at radius 3 is 2.53 bits per heavy atom. The molecule has 0 aromatic carbocycles. The molecular formula is C15H30N2. The molecule has 1 N–H and O–H groups in total. The average molecular weight is 238 g/mol. The lowest BCUT2D eigenvalue weighted by Gasteiger charge is -2.33. The molecular weight excluding hydrogens is 208 g/mol. The zero-order chi connectivity index (χ0) is 12.5. The predicted octanol–water partition coefficient (Wildman–Crippen LogP) is 2.89. The Bertz CT molecular complexity index is 243. The van der Waals surface area contributed by atoms with Gasteiger partial charge in [0.25, 0.3) is 0 Å². The number of likely N-dealkylation sites (N-methyl/N-ethyl adjacent to an activating group) is 1. The van der Waals surface area contributed by atoms with Crippen molar-refractivity contribution in [1.29, 1.82) is 0 Å². The molecule has 0 spiro atoms. The van der Waals surface area contributed by atoms with Crippen molar-refractivity contribution in [2.24, 2.45) is 11.3 Å². The molecule has 2 heteroatoms. The minimum Gasteiger partial charge on any atom is -0.313 e. The Balaban J connectivity index is 1.93. The van der Waals surface area contributed by atoms with E-state index in [1.54, 1.807) is 0 Å². The van der Waals surface area contributed by atoms with Gasteiger partial charge in [0.15, 0.2) is 0 Å². The molecule has 0 radical (unpaired) electrons. The first-order valence-corrected chi connectivity index (χ1v) is 7.49. The van der Waals surface area contributed by atoms with Crippen LogP contribution in [0.5, 0.6) is 0 Å². The van der Waals surface area contributed by atoms with Gasteiger partial charge in [-0.15, -0.1) is 0 Å². The van der Waals surface area contributed by atoms with Crippen LogP contribution in [0.4, 0.5) is 0 Å². The van der Waals surface area contributed by atoms with E-state index < -0.39 is 0 Å². The molecule has 1 saturated carbocycles. The molecule has 17 heavy (non-hydrogen) atoms. The van der Waals surface area contributed by atoms with Gasteiger partial charge in [-0.2, -0.15) is 0 Å². The van der Waals surface area contributed by atoms with Crippen molar-refractivity contribution in [2.75, 3.05) is 19.6 Å². The Morgan fingerprint density at radius 2 is 2.06 bits per heavy atom. The number of hydrogen-bond donors (Lipinski definition) is 1. The van der Waals surface area contributed by atoms with E-state index in [-0.39, 0.29) is 0 Å². The molecule has 3 atom stereocenters. The van der Waals surface area contributed by atoms with Crippen LogP contribution in [0.2, 0.25) is 0 Å². The van der Waals surface area contributed by atoms with E-state index in [4.69, 9.17) is 0 Å². The van der Waals surface area contributed by atoms with Gasteiger partial charge in [0.1, 0.15) is 0 Å². The van der Waals surface area contributed by atoms with Crippen LogP contribution in [-0.4, -0.2) is 36.6 Å². The van der Waals surface area contributed by atoms with Gasteiger partial charge < -0.3 is 5.32 Å². The summed E-state index contributed by atoms with van der Waals surface area (Å²) in [5.41, 5.74) is 0.556. The fraction of sp³-hybridized carbons (Fsp3) is 1.00. The highest BCUT2D eigenvalue weighted by Gasteiger charge is 2.39. The highest BCUT2D eigenvalue weighted by molar-refractivity contribution is 4.93. The smallest absolute Gasteiger partial charge is 0.0195 e. The highest BCUT2D eigenvalue weighted by Crippen LogP contribution is 2.43. The van der Waals surface area contributed by atoms with Gasteiger partial charge in [0, 0.05) is 18.6 Å². The van der Waals surface area contributed by atoms with Crippen LogP contribution in [0.25, 0.3) is 0 Å². The third kappa shape index (κ3) is 3.23. The number of nitrogens with one attached hydrogen (secondary N) is 1. The Kier molecular flexibility index (Phi) is 4.14. The molecule has 100 valence electrons. The van der Waals surface area contributed by atoms with Gasteiger partial charge in [-0.25, -0.2) is 0 Å². The summed E-state index contributed by atoms with van der Waals surface area (Å²) < 4.78 is 0. The molecule has 2 nitrogen and oxygen atoms in total. The molecule has 3 unspecified atom stereocenters. The van der Waals surface area contributed by atoms with E-state index in [0.717, 1.165) is 18.0 Å². The Hall–Kier alpha value is -0.0800. The maximum atomic E-state index is 3.64. The predicted molar refractivity (Wildman–Crippen MR) is 74.2 cm³/mol. The first-order valence-electron chi connectivity index (χ1n) is 7.49. The van der Waals surface area contributed by atoms with Gasteiger partial charge >= 0.3 is 0 Å². The molecule has 1 aliphatic heterocycles. The van der Waals surface area contributed by atoms with Crippen LogP contribution < -0.4 is 5.32 Å². The van der Waals surface area contributed by atoms with Crippen molar-refractivity contribution >= 4 is 0 Å².